The molecule has 1 aliphatic rings. The van der Waals surface area contributed by atoms with Crippen molar-refractivity contribution in [3.63, 3.8) is 0 Å². The van der Waals surface area contributed by atoms with Crippen molar-refractivity contribution in [1.82, 2.24) is 4.90 Å². The molecule has 4 nitrogen and oxygen atoms in total. The minimum absolute atomic E-state index is 0.0181. The number of allylic oxidation sites excluding steroid dienone is 1. The van der Waals surface area contributed by atoms with Crippen LogP contribution in [0.1, 0.15) is 39.1 Å². The Labute approximate surface area is 140 Å². The second kappa shape index (κ2) is 7.04. The van der Waals surface area contributed by atoms with Gasteiger partial charge in [-0.15, -0.1) is 0 Å². The monoisotopic (exact) mass is 319 g/mol. The van der Waals surface area contributed by atoms with Gasteiger partial charge in [-0.1, -0.05) is 48.5 Å². The van der Waals surface area contributed by atoms with E-state index in [1.165, 1.54) is 11.0 Å². The number of benzene rings is 2. The summed E-state index contributed by atoms with van der Waals surface area (Å²) in [6, 6.07) is 16.4. The van der Waals surface area contributed by atoms with Crippen LogP contribution in [0, 0.1) is 0 Å². The number of amides is 2. The Kier molecular flexibility index (Phi) is 4.66. The third kappa shape index (κ3) is 3.33. The molecule has 120 valence electrons. The van der Waals surface area contributed by atoms with Gasteiger partial charge in [0.2, 0.25) is 0 Å². The topological polar surface area (TPSA) is 54.5 Å². The van der Waals surface area contributed by atoms with Gasteiger partial charge in [-0.05, 0) is 30.2 Å². The van der Waals surface area contributed by atoms with Crippen molar-refractivity contribution in [2.45, 2.75) is 12.8 Å². The van der Waals surface area contributed by atoms with Crippen molar-refractivity contribution in [1.29, 1.82) is 0 Å². The van der Waals surface area contributed by atoms with Gasteiger partial charge in [-0.25, -0.2) is 0 Å². The molecule has 0 radical (unpaired) electrons. The maximum atomic E-state index is 12.2. The zero-order valence-corrected chi connectivity index (χ0v) is 13.1. The number of carbonyl (C=O) groups excluding carboxylic acids is 3. The molecule has 0 bridgehead atoms. The first-order valence-corrected chi connectivity index (χ1v) is 7.88. The summed E-state index contributed by atoms with van der Waals surface area (Å²) in [7, 11) is 0. The number of imide groups is 1. The van der Waals surface area contributed by atoms with Crippen LogP contribution in [-0.2, 0) is 4.79 Å². The highest BCUT2D eigenvalue weighted by Gasteiger charge is 2.34. The molecule has 4 heteroatoms. The second-order valence-electron chi connectivity index (χ2n) is 5.62. The molecule has 0 aliphatic carbocycles. The molecule has 0 fully saturated rings. The molecule has 0 aromatic heterocycles. The Morgan fingerprint density at radius 2 is 1.46 bits per heavy atom. The van der Waals surface area contributed by atoms with Gasteiger partial charge in [-0.3, -0.25) is 19.3 Å². The van der Waals surface area contributed by atoms with E-state index in [4.69, 9.17) is 0 Å². The van der Waals surface area contributed by atoms with E-state index in [0.717, 1.165) is 5.56 Å². The first-order chi connectivity index (χ1) is 11.7. The Morgan fingerprint density at radius 1 is 0.875 bits per heavy atom. The van der Waals surface area contributed by atoms with Crippen LogP contribution in [-0.4, -0.2) is 29.0 Å². The normalized spacial score (nSPS) is 13.6. The average molecular weight is 319 g/mol. The Morgan fingerprint density at radius 3 is 2.08 bits per heavy atom. The van der Waals surface area contributed by atoms with E-state index >= 15 is 0 Å². The number of hydrogen-bond donors (Lipinski definition) is 0. The highest BCUT2D eigenvalue weighted by Crippen LogP contribution is 2.22. The molecule has 0 unspecified atom stereocenters. The van der Waals surface area contributed by atoms with E-state index in [1.807, 2.05) is 30.3 Å². The zero-order chi connectivity index (χ0) is 16.9. The van der Waals surface area contributed by atoms with Crippen LogP contribution in [0.5, 0.6) is 0 Å². The van der Waals surface area contributed by atoms with E-state index in [9.17, 15) is 14.4 Å². The van der Waals surface area contributed by atoms with Crippen molar-refractivity contribution in [3.8, 4) is 0 Å². The number of rotatable bonds is 6. The number of carbonyl (C=O) groups is 3. The molecule has 2 aromatic rings. The average Bonchev–Trinajstić information content (AvgIpc) is 2.86. The molecule has 0 atom stereocenters. The highest BCUT2D eigenvalue weighted by molar-refractivity contribution is 6.21. The van der Waals surface area contributed by atoms with Crippen LogP contribution in [0.15, 0.2) is 60.7 Å². The van der Waals surface area contributed by atoms with Gasteiger partial charge < -0.3 is 0 Å². The Balaban J connectivity index is 1.52. The molecule has 0 saturated carbocycles. The molecule has 24 heavy (non-hydrogen) atoms. The van der Waals surface area contributed by atoms with Crippen molar-refractivity contribution >= 4 is 23.7 Å². The lowest BCUT2D eigenvalue weighted by Crippen LogP contribution is -2.30. The van der Waals surface area contributed by atoms with E-state index in [-0.39, 0.29) is 24.1 Å². The largest absolute Gasteiger partial charge is 0.295 e. The Bertz CT molecular complexity index is 774. The number of fused-ring (bicyclic) bond motifs is 1. The maximum Gasteiger partial charge on any atom is 0.261 e. The van der Waals surface area contributed by atoms with Gasteiger partial charge in [0, 0.05) is 13.0 Å². The van der Waals surface area contributed by atoms with Crippen molar-refractivity contribution in [2.24, 2.45) is 0 Å². The summed E-state index contributed by atoms with van der Waals surface area (Å²) in [5, 5.41) is 0. The van der Waals surface area contributed by atoms with Gasteiger partial charge in [-0.2, -0.15) is 0 Å². The van der Waals surface area contributed by atoms with Crippen LogP contribution in [0.25, 0.3) is 6.08 Å². The third-order valence-electron chi connectivity index (χ3n) is 3.94. The molecule has 2 aromatic carbocycles. The lowest BCUT2D eigenvalue weighted by molar-refractivity contribution is -0.114. The van der Waals surface area contributed by atoms with Crippen molar-refractivity contribution < 1.29 is 14.4 Å². The summed E-state index contributed by atoms with van der Waals surface area (Å²) in [4.78, 5) is 37.5. The van der Waals surface area contributed by atoms with E-state index in [0.29, 0.717) is 24.0 Å². The fraction of sp³-hybridized carbons (Fsp3) is 0.150. The zero-order valence-electron chi connectivity index (χ0n) is 13.1. The van der Waals surface area contributed by atoms with Gasteiger partial charge in [0.05, 0.1) is 11.1 Å². The maximum absolute atomic E-state index is 12.2. The van der Waals surface area contributed by atoms with Crippen molar-refractivity contribution in [3.05, 3.63) is 77.4 Å². The summed E-state index contributed by atoms with van der Waals surface area (Å²) in [5.41, 5.74) is 1.85. The van der Waals surface area contributed by atoms with Gasteiger partial charge in [0.25, 0.3) is 11.8 Å². The summed E-state index contributed by atoms with van der Waals surface area (Å²) in [6.45, 7) is 0.261. The summed E-state index contributed by atoms with van der Waals surface area (Å²) >= 11 is 0. The van der Waals surface area contributed by atoms with Crippen LogP contribution in [0.3, 0.4) is 0 Å². The lowest BCUT2D eigenvalue weighted by atomic mass is 10.1. The van der Waals surface area contributed by atoms with Crippen LogP contribution in [0.2, 0.25) is 0 Å². The molecular weight excluding hydrogens is 302 g/mol. The van der Waals surface area contributed by atoms with Crippen LogP contribution < -0.4 is 0 Å². The number of ketones is 1. The highest BCUT2D eigenvalue weighted by atomic mass is 16.2. The second-order valence-corrected chi connectivity index (χ2v) is 5.62. The first-order valence-electron chi connectivity index (χ1n) is 7.88. The first kappa shape index (κ1) is 15.9. The molecule has 0 saturated heterocycles. The lowest BCUT2D eigenvalue weighted by Gasteiger charge is -2.12. The van der Waals surface area contributed by atoms with Crippen LogP contribution in [0.4, 0.5) is 0 Å². The van der Waals surface area contributed by atoms with Crippen molar-refractivity contribution in [2.75, 3.05) is 6.54 Å². The molecule has 3 rings (SSSR count). The fourth-order valence-electron chi connectivity index (χ4n) is 2.69. The summed E-state index contributed by atoms with van der Waals surface area (Å²) in [6.07, 6.45) is 4.07. The number of hydrogen-bond acceptors (Lipinski definition) is 3. The minimum atomic E-state index is -0.275. The molecular formula is C20H17NO3. The Hall–Kier alpha value is -3.01. The fourth-order valence-corrected chi connectivity index (χ4v) is 2.69. The molecule has 0 spiro atoms. The smallest absolute Gasteiger partial charge is 0.261 e. The molecule has 1 aliphatic heterocycles. The molecule has 2 amide bonds. The summed E-state index contributed by atoms with van der Waals surface area (Å²) in [5.74, 6) is -0.568. The van der Waals surface area contributed by atoms with E-state index < -0.39 is 0 Å². The minimum Gasteiger partial charge on any atom is -0.295 e. The number of nitrogens with zero attached hydrogens (tertiary/aromatic N) is 1. The predicted molar refractivity (Wildman–Crippen MR) is 91.5 cm³/mol. The third-order valence-corrected chi connectivity index (χ3v) is 3.94. The van der Waals surface area contributed by atoms with Gasteiger partial charge in [0.1, 0.15) is 0 Å². The van der Waals surface area contributed by atoms with Crippen LogP contribution >= 0.6 is 0 Å². The summed E-state index contributed by atoms with van der Waals surface area (Å²) < 4.78 is 0. The van der Waals surface area contributed by atoms with Gasteiger partial charge >= 0.3 is 0 Å². The predicted octanol–water partition coefficient (Wildman–Crippen LogP) is 3.35. The van der Waals surface area contributed by atoms with E-state index in [2.05, 4.69) is 0 Å². The van der Waals surface area contributed by atoms with E-state index in [1.54, 1.807) is 30.3 Å². The van der Waals surface area contributed by atoms with Gasteiger partial charge in [0.15, 0.2) is 5.78 Å². The SMILES string of the molecule is O=C(/C=C/c1ccccc1)CCCN1C(=O)c2ccccc2C1=O. The molecule has 0 N–H and O–H groups in total. The molecule has 1 heterocycles. The quantitative estimate of drug-likeness (QED) is 0.606. The standard InChI is InChI=1S/C20H17NO3/c22-16(13-12-15-7-2-1-3-8-15)9-6-14-21-19(23)17-10-4-5-11-18(17)20(21)24/h1-5,7-8,10-13H,6,9,14H2/b13-12+.